The number of aromatic nitrogens is 1. The van der Waals surface area contributed by atoms with Gasteiger partial charge in [-0.15, -0.1) is 0 Å². The van der Waals surface area contributed by atoms with E-state index < -0.39 is 0 Å². The molecular formula is C10H7NOS. The van der Waals surface area contributed by atoms with Gasteiger partial charge in [-0.1, -0.05) is 11.3 Å². The second kappa shape index (κ2) is 2.26. The second-order valence-corrected chi connectivity index (χ2v) is 4.10. The van der Waals surface area contributed by atoms with Crippen molar-refractivity contribution >= 4 is 32.3 Å². The van der Waals surface area contributed by atoms with Crippen molar-refractivity contribution in [3.8, 4) is 5.06 Å². The van der Waals surface area contributed by atoms with Crippen LogP contribution in [0.2, 0.25) is 0 Å². The number of hydrogen-bond donors (Lipinski definition) is 2. The van der Waals surface area contributed by atoms with Crippen molar-refractivity contribution in [1.29, 1.82) is 0 Å². The molecule has 64 valence electrons. The highest BCUT2D eigenvalue weighted by atomic mass is 32.1. The molecule has 2 heterocycles. The van der Waals surface area contributed by atoms with Gasteiger partial charge in [0.15, 0.2) is 5.06 Å². The van der Waals surface area contributed by atoms with Crippen LogP contribution in [0, 0.1) is 0 Å². The normalized spacial score (nSPS) is 11.4. The van der Waals surface area contributed by atoms with Crippen LogP contribution < -0.4 is 0 Å². The van der Waals surface area contributed by atoms with Gasteiger partial charge in [0, 0.05) is 21.8 Å². The summed E-state index contributed by atoms with van der Waals surface area (Å²) in [6, 6.07) is 7.97. The van der Waals surface area contributed by atoms with E-state index in [1.807, 2.05) is 12.3 Å². The van der Waals surface area contributed by atoms with E-state index in [-0.39, 0.29) is 0 Å². The van der Waals surface area contributed by atoms with Gasteiger partial charge >= 0.3 is 0 Å². The van der Waals surface area contributed by atoms with Gasteiger partial charge in [0.05, 0.1) is 0 Å². The first-order valence-corrected chi connectivity index (χ1v) is 4.84. The standard InChI is InChI=1S/C10H7NOS/c12-10-5-7-3-8-6(1-2-11-8)4-9(7)13-10/h1-5,11-12H. The summed E-state index contributed by atoms with van der Waals surface area (Å²) in [5.74, 6) is 0. The van der Waals surface area contributed by atoms with E-state index in [1.165, 1.54) is 16.7 Å². The molecule has 0 aliphatic heterocycles. The monoisotopic (exact) mass is 189 g/mol. The van der Waals surface area contributed by atoms with E-state index in [2.05, 4.69) is 17.1 Å². The third-order valence-electron chi connectivity index (χ3n) is 2.18. The quantitative estimate of drug-likeness (QED) is 0.560. The summed E-state index contributed by atoms with van der Waals surface area (Å²) in [7, 11) is 0. The summed E-state index contributed by atoms with van der Waals surface area (Å²) in [4.78, 5) is 3.14. The molecule has 1 aromatic carbocycles. The van der Waals surface area contributed by atoms with Gasteiger partial charge in [-0.3, -0.25) is 0 Å². The van der Waals surface area contributed by atoms with Crippen molar-refractivity contribution in [1.82, 2.24) is 4.98 Å². The van der Waals surface area contributed by atoms with Crippen LogP contribution in [0.15, 0.2) is 30.5 Å². The Morgan fingerprint density at radius 3 is 3.00 bits per heavy atom. The first-order valence-electron chi connectivity index (χ1n) is 4.02. The zero-order chi connectivity index (χ0) is 8.84. The number of aromatic amines is 1. The highest BCUT2D eigenvalue weighted by Gasteiger charge is 2.02. The number of rotatable bonds is 0. The molecule has 13 heavy (non-hydrogen) atoms. The molecule has 3 aromatic rings. The molecule has 0 amide bonds. The van der Waals surface area contributed by atoms with Crippen molar-refractivity contribution < 1.29 is 5.11 Å². The van der Waals surface area contributed by atoms with Crippen LogP contribution >= 0.6 is 11.3 Å². The first-order chi connectivity index (χ1) is 6.33. The molecule has 0 saturated heterocycles. The topological polar surface area (TPSA) is 36.0 Å². The lowest BCUT2D eigenvalue weighted by atomic mass is 10.2. The minimum absolute atomic E-state index is 0.377. The first kappa shape index (κ1) is 6.97. The van der Waals surface area contributed by atoms with Crippen LogP contribution in [-0.2, 0) is 0 Å². The number of thiophene rings is 1. The number of fused-ring (bicyclic) bond motifs is 2. The maximum Gasteiger partial charge on any atom is 0.172 e. The minimum Gasteiger partial charge on any atom is -0.499 e. The van der Waals surface area contributed by atoms with Crippen molar-refractivity contribution in [3.63, 3.8) is 0 Å². The lowest BCUT2D eigenvalue weighted by Crippen LogP contribution is -1.66. The van der Waals surface area contributed by atoms with Gasteiger partial charge in [-0.05, 0) is 29.7 Å². The number of hydrogen-bond acceptors (Lipinski definition) is 2. The van der Waals surface area contributed by atoms with E-state index in [0.717, 1.165) is 15.6 Å². The largest absolute Gasteiger partial charge is 0.499 e. The second-order valence-electron chi connectivity index (χ2n) is 3.04. The van der Waals surface area contributed by atoms with Crippen LogP contribution in [0.25, 0.3) is 21.0 Å². The van der Waals surface area contributed by atoms with E-state index in [0.29, 0.717) is 5.06 Å². The molecule has 0 spiro atoms. The molecule has 0 radical (unpaired) electrons. The SMILES string of the molecule is Oc1cc2cc3[nH]ccc3cc2s1. The van der Waals surface area contributed by atoms with E-state index in [4.69, 9.17) is 0 Å². The third kappa shape index (κ3) is 0.939. The molecule has 3 heteroatoms. The highest BCUT2D eigenvalue weighted by Crippen LogP contribution is 2.33. The maximum atomic E-state index is 9.31. The van der Waals surface area contributed by atoms with Gasteiger partial charge in [-0.25, -0.2) is 0 Å². The molecule has 0 saturated carbocycles. The number of H-pyrrole nitrogens is 1. The summed E-state index contributed by atoms with van der Waals surface area (Å²) >= 11 is 1.41. The van der Waals surface area contributed by atoms with Crippen molar-refractivity contribution in [3.05, 3.63) is 30.5 Å². The van der Waals surface area contributed by atoms with Crippen LogP contribution in [-0.4, -0.2) is 10.1 Å². The van der Waals surface area contributed by atoms with Crippen molar-refractivity contribution in [2.75, 3.05) is 0 Å². The Kier molecular flexibility index (Phi) is 1.21. The summed E-state index contributed by atoms with van der Waals surface area (Å²) in [5, 5.41) is 12.0. The highest BCUT2D eigenvalue weighted by molar-refractivity contribution is 7.20. The van der Waals surface area contributed by atoms with Gasteiger partial charge in [0.25, 0.3) is 0 Å². The van der Waals surface area contributed by atoms with Crippen LogP contribution in [0.1, 0.15) is 0 Å². The van der Waals surface area contributed by atoms with E-state index in [9.17, 15) is 5.11 Å². The fourth-order valence-electron chi connectivity index (χ4n) is 1.57. The lowest BCUT2D eigenvalue weighted by Gasteiger charge is -1.89. The Morgan fingerprint density at radius 2 is 2.08 bits per heavy atom. The Labute approximate surface area is 78.4 Å². The fourth-order valence-corrected chi connectivity index (χ4v) is 2.41. The molecule has 0 aliphatic rings. The molecule has 0 atom stereocenters. The van der Waals surface area contributed by atoms with Gasteiger partial charge in [0.2, 0.25) is 0 Å². The average molecular weight is 189 g/mol. The smallest absolute Gasteiger partial charge is 0.172 e. The molecule has 0 unspecified atom stereocenters. The Balaban J connectivity index is 2.54. The van der Waals surface area contributed by atoms with Gasteiger partial charge in [-0.2, -0.15) is 0 Å². The van der Waals surface area contributed by atoms with E-state index >= 15 is 0 Å². The zero-order valence-electron chi connectivity index (χ0n) is 6.74. The van der Waals surface area contributed by atoms with Crippen LogP contribution in [0.4, 0.5) is 0 Å². The number of nitrogens with one attached hydrogen (secondary N) is 1. The average Bonchev–Trinajstić information content (AvgIpc) is 2.63. The Bertz CT molecular complexity index is 531. The predicted octanol–water partition coefficient (Wildman–Crippen LogP) is 3.09. The molecule has 0 bridgehead atoms. The summed E-state index contributed by atoms with van der Waals surface area (Å²) in [5.41, 5.74) is 1.12. The molecule has 2 nitrogen and oxygen atoms in total. The minimum atomic E-state index is 0.377. The van der Waals surface area contributed by atoms with Crippen molar-refractivity contribution in [2.45, 2.75) is 0 Å². The molecule has 3 rings (SSSR count). The number of aromatic hydroxyl groups is 1. The summed E-state index contributed by atoms with van der Waals surface area (Å²) in [6.07, 6.45) is 1.92. The predicted molar refractivity (Wildman–Crippen MR) is 55.3 cm³/mol. The fraction of sp³-hybridized carbons (Fsp3) is 0. The number of benzene rings is 1. The van der Waals surface area contributed by atoms with Gasteiger partial charge < -0.3 is 10.1 Å². The molecule has 0 aliphatic carbocycles. The molecular weight excluding hydrogens is 182 g/mol. The van der Waals surface area contributed by atoms with Crippen molar-refractivity contribution in [2.24, 2.45) is 0 Å². The van der Waals surface area contributed by atoms with Crippen LogP contribution in [0.5, 0.6) is 5.06 Å². The Morgan fingerprint density at radius 1 is 1.15 bits per heavy atom. The van der Waals surface area contributed by atoms with Crippen LogP contribution in [0.3, 0.4) is 0 Å². The lowest BCUT2D eigenvalue weighted by molar-refractivity contribution is 0.491. The third-order valence-corrected chi connectivity index (χ3v) is 3.08. The summed E-state index contributed by atoms with van der Waals surface area (Å²) < 4.78 is 1.13. The van der Waals surface area contributed by atoms with Gasteiger partial charge in [0.1, 0.15) is 0 Å². The maximum absolute atomic E-state index is 9.31. The Hall–Kier alpha value is -1.48. The molecule has 2 N–H and O–H groups in total. The summed E-state index contributed by atoms with van der Waals surface area (Å²) in [6.45, 7) is 0. The molecule has 0 fully saturated rings. The van der Waals surface area contributed by atoms with E-state index in [1.54, 1.807) is 6.07 Å². The molecule has 2 aromatic heterocycles. The zero-order valence-corrected chi connectivity index (χ0v) is 7.56.